The molecular formula is C21H25N8O9PS. The van der Waals surface area contributed by atoms with Crippen molar-refractivity contribution in [3.8, 4) is 0 Å². The zero-order valence-corrected chi connectivity index (χ0v) is 22.3. The van der Waals surface area contributed by atoms with Crippen LogP contribution in [0, 0.1) is 0 Å². The van der Waals surface area contributed by atoms with Gasteiger partial charge in [0.05, 0.1) is 56.6 Å². The summed E-state index contributed by atoms with van der Waals surface area (Å²) in [5.41, 5.74) is 3.71. The highest BCUT2D eigenvalue weighted by Crippen LogP contribution is 2.53. The van der Waals surface area contributed by atoms with Gasteiger partial charge >= 0.3 is 6.72 Å². The van der Waals surface area contributed by atoms with Gasteiger partial charge in [0.15, 0.2) is 16.9 Å². The first-order chi connectivity index (χ1) is 19.1. The topological polar surface area (TPSA) is 238 Å². The van der Waals surface area contributed by atoms with E-state index in [4.69, 9.17) is 36.1 Å². The highest BCUT2D eigenvalue weighted by Gasteiger charge is 2.48. The van der Waals surface area contributed by atoms with Crippen LogP contribution < -0.4 is 16.9 Å². The first kappa shape index (κ1) is 27.1. The smallest absolute Gasteiger partial charge is 0.326 e. The minimum absolute atomic E-state index is 0.0170. The molecule has 7 N–H and O–H groups in total. The fourth-order valence-electron chi connectivity index (χ4n) is 5.06. The standard InChI is InChI=1S/C21H25N8O9PS/c22-20-26-17-14(19(33)27-20)25-9-29(17)21(3-10(4-30)36-7-21)38-39(34,40)37-6-13-15(31)12(5-35-13)28-2-1-11-16(28)23-8-24-18(11)32/h1-2,8-10,12-13,15,30-31H,3-7H2,(H,34,40)(H,23,24,32)(H3,22,26,27,33)/t10-,12+,13+,15-,21+,39?/m0/s1. The highest BCUT2D eigenvalue weighted by atomic mass is 32.5. The molecule has 4 aromatic rings. The van der Waals surface area contributed by atoms with Crippen LogP contribution in [0.1, 0.15) is 12.5 Å². The number of hydrogen-bond donors (Lipinski definition) is 6. The Morgan fingerprint density at radius 2 is 2.10 bits per heavy atom. The van der Waals surface area contributed by atoms with Crippen molar-refractivity contribution in [1.82, 2.24) is 34.1 Å². The number of aliphatic hydroxyl groups excluding tert-OH is 2. The molecule has 2 saturated heterocycles. The van der Waals surface area contributed by atoms with Crippen LogP contribution in [0.4, 0.5) is 5.95 Å². The quantitative estimate of drug-likeness (QED) is 0.126. The zero-order valence-electron chi connectivity index (χ0n) is 20.6. The lowest BCUT2D eigenvalue weighted by Gasteiger charge is -2.33. The van der Waals surface area contributed by atoms with Crippen molar-refractivity contribution >= 4 is 46.7 Å². The van der Waals surface area contributed by atoms with Gasteiger partial charge in [-0.15, -0.1) is 0 Å². The van der Waals surface area contributed by atoms with Gasteiger partial charge in [0.25, 0.3) is 11.1 Å². The molecule has 0 saturated carbocycles. The predicted octanol–water partition coefficient (Wildman–Crippen LogP) is -1.58. The Morgan fingerprint density at radius 3 is 2.88 bits per heavy atom. The van der Waals surface area contributed by atoms with E-state index in [0.29, 0.717) is 11.0 Å². The van der Waals surface area contributed by atoms with Gasteiger partial charge in [-0.3, -0.25) is 23.7 Å². The van der Waals surface area contributed by atoms with Crippen molar-refractivity contribution in [2.24, 2.45) is 0 Å². The number of fused-ring (bicyclic) bond motifs is 2. The third-order valence-electron chi connectivity index (χ3n) is 6.97. The number of aliphatic hydroxyl groups is 2. The lowest BCUT2D eigenvalue weighted by Crippen LogP contribution is -2.37. The Hall–Kier alpha value is -3.06. The minimum Gasteiger partial charge on any atom is -0.394 e. The summed E-state index contributed by atoms with van der Waals surface area (Å²) in [5.74, 6) is -0.163. The van der Waals surface area contributed by atoms with Crippen molar-refractivity contribution in [3.05, 3.63) is 45.6 Å². The SMILES string of the molecule is Nc1nc2c(ncn2[C@]2(OP(O)(=S)OC[C@H]3OC[C@@H](n4ccc5c(=O)[nH]cnc54)[C@@H]3O)CO[C@H](CO)C2)c(=O)[nH]1. The molecular weight excluding hydrogens is 571 g/mol. The number of nitrogens with zero attached hydrogens (tertiary/aromatic N) is 5. The molecule has 0 spiro atoms. The number of nitrogens with two attached hydrogens (primary N) is 1. The molecule has 2 aliphatic heterocycles. The summed E-state index contributed by atoms with van der Waals surface area (Å²) in [6, 6.07) is 1.02. The molecule has 6 rings (SSSR count). The van der Waals surface area contributed by atoms with Gasteiger partial charge in [-0.1, -0.05) is 0 Å². The van der Waals surface area contributed by atoms with Crippen molar-refractivity contribution in [2.75, 3.05) is 32.2 Å². The van der Waals surface area contributed by atoms with E-state index in [1.165, 1.54) is 17.2 Å². The van der Waals surface area contributed by atoms with Crippen molar-refractivity contribution in [1.29, 1.82) is 0 Å². The van der Waals surface area contributed by atoms with E-state index in [9.17, 15) is 24.7 Å². The summed E-state index contributed by atoms with van der Waals surface area (Å²) in [5, 5.41) is 21.0. The largest absolute Gasteiger partial charge is 0.394 e. The molecule has 2 fully saturated rings. The number of anilines is 1. The van der Waals surface area contributed by atoms with Crippen LogP contribution in [-0.4, -0.2) is 93.9 Å². The average molecular weight is 597 g/mol. The van der Waals surface area contributed by atoms with Gasteiger partial charge in [-0.25, -0.2) is 9.97 Å². The van der Waals surface area contributed by atoms with Crippen LogP contribution in [0.5, 0.6) is 0 Å². The second kappa shape index (κ2) is 10.1. The lowest BCUT2D eigenvalue weighted by atomic mass is 10.1. The van der Waals surface area contributed by atoms with Crippen LogP contribution in [0.2, 0.25) is 0 Å². The Labute approximate surface area is 228 Å². The van der Waals surface area contributed by atoms with Gasteiger partial charge in [-0.2, -0.15) is 4.98 Å². The number of imidazole rings is 1. The number of aromatic nitrogens is 7. The molecule has 6 atom stereocenters. The maximum atomic E-state index is 12.3. The number of rotatable bonds is 8. The fourth-order valence-corrected chi connectivity index (χ4v) is 6.69. The Balaban J connectivity index is 1.21. The van der Waals surface area contributed by atoms with Crippen LogP contribution in [0.25, 0.3) is 22.2 Å². The van der Waals surface area contributed by atoms with Crippen LogP contribution in [0.3, 0.4) is 0 Å². The fraction of sp³-hybridized carbons (Fsp3) is 0.476. The Kier molecular flexibility index (Phi) is 6.84. The third kappa shape index (κ3) is 4.66. The number of aromatic amines is 2. The van der Waals surface area contributed by atoms with E-state index >= 15 is 0 Å². The monoisotopic (exact) mass is 596 g/mol. The molecule has 40 heavy (non-hydrogen) atoms. The van der Waals surface area contributed by atoms with Crippen LogP contribution >= 0.6 is 6.72 Å². The molecule has 0 amide bonds. The van der Waals surface area contributed by atoms with Crippen molar-refractivity contribution < 1.29 is 33.6 Å². The average Bonchev–Trinajstić information content (AvgIpc) is 3.68. The summed E-state index contributed by atoms with van der Waals surface area (Å²) in [4.78, 5) is 52.7. The van der Waals surface area contributed by atoms with Crippen molar-refractivity contribution in [2.45, 2.75) is 36.5 Å². The van der Waals surface area contributed by atoms with E-state index < -0.39 is 42.4 Å². The van der Waals surface area contributed by atoms with E-state index in [1.807, 2.05) is 0 Å². The van der Waals surface area contributed by atoms with Crippen LogP contribution in [-0.2, 0) is 36.1 Å². The Bertz CT molecular complexity index is 1740. The number of H-pyrrole nitrogens is 2. The van der Waals surface area contributed by atoms with Gasteiger partial charge < -0.3 is 44.4 Å². The minimum atomic E-state index is -4.07. The summed E-state index contributed by atoms with van der Waals surface area (Å²) in [7, 11) is 0. The van der Waals surface area contributed by atoms with Gasteiger partial charge in [0.2, 0.25) is 5.95 Å². The summed E-state index contributed by atoms with van der Waals surface area (Å²) in [6.07, 6.45) is 1.54. The second-order valence-corrected chi connectivity index (χ2v) is 12.2. The van der Waals surface area contributed by atoms with E-state index in [2.05, 4.69) is 24.9 Å². The van der Waals surface area contributed by atoms with E-state index in [0.717, 1.165) is 0 Å². The zero-order chi connectivity index (χ0) is 28.2. The number of ether oxygens (including phenoxy) is 2. The second-order valence-electron chi connectivity index (χ2n) is 9.48. The van der Waals surface area contributed by atoms with Gasteiger partial charge in [-0.05, 0) is 17.9 Å². The number of nitrogen functional groups attached to an aromatic ring is 1. The summed E-state index contributed by atoms with van der Waals surface area (Å²) in [6.45, 7) is -4.84. The maximum absolute atomic E-state index is 12.3. The molecule has 6 heterocycles. The molecule has 19 heteroatoms. The highest BCUT2D eigenvalue weighted by molar-refractivity contribution is 8.07. The van der Waals surface area contributed by atoms with Crippen molar-refractivity contribution in [3.63, 3.8) is 0 Å². The molecule has 1 unspecified atom stereocenters. The molecule has 2 aliphatic rings. The molecule has 0 bridgehead atoms. The molecule has 0 aromatic carbocycles. The summed E-state index contributed by atoms with van der Waals surface area (Å²) >= 11 is 5.30. The first-order valence-electron chi connectivity index (χ1n) is 12.1. The Morgan fingerprint density at radius 1 is 1.27 bits per heavy atom. The van der Waals surface area contributed by atoms with Crippen LogP contribution in [0.15, 0.2) is 34.5 Å². The van der Waals surface area contributed by atoms with E-state index in [1.54, 1.807) is 16.8 Å². The number of nitrogens with one attached hydrogen (secondary N) is 2. The maximum Gasteiger partial charge on any atom is 0.326 e. The van der Waals surface area contributed by atoms with Gasteiger partial charge in [0.1, 0.15) is 17.9 Å². The third-order valence-corrected chi connectivity index (χ3v) is 8.56. The first-order valence-corrected chi connectivity index (χ1v) is 14.7. The van der Waals surface area contributed by atoms with E-state index in [-0.39, 0.29) is 55.5 Å². The lowest BCUT2D eigenvalue weighted by molar-refractivity contribution is -0.0428. The molecule has 17 nitrogen and oxygen atoms in total. The summed E-state index contributed by atoms with van der Waals surface area (Å²) < 4.78 is 25.9. The normalized spacial score (nSPS) is 28.5. The van der Waals surface area contributed by atoms with Gasteiger partial charge in [0, 0.05) is 12.6 Å². The molecule has 4 aromatic heterocycles. The predicted molar refractivity (Wildman–Crippen MR) is 141 cm³/mol. The molecule has 214 valence electrons. The number of hydrogen-bond acceptors (Lipinski definition) is 13. The molecule has 0 aliphatic carbocycles. The molecule has 0 radical (unpaired) electrons.